The third-order valence-electron chi connectivity index (χ3n) is 4.33. The molecular formula is C15H31NO2S. The van der Waals surface area contributed by atoms with Gasteiger partial charge in [0.2, 0.25) is 10.0 Å². The van der Waals surface area contributed by atoms with Gasteiger partial charge in [-0.3, -0.25) is 0 Å². The summed E-state index contributed by atoms with van der Waals surface area (Å²) in [5.74, 6) is 1.53. The molecule has 1 fully saturated rings. The lowest BCUT2D eigenvalue weighted by Gasteiger charge is -2.31. The zero-order valence-corrected chi connectivity index (χ0v) is 13.7. The zero-order chi connectivity index (χ0) is 14.3. The topological polar surface area (TPSA) is 37.4 Å². The lowest BCUT2D eigenvalue weighted by Crippen LogP contribution is -2.38. The second kappa shape index (κ2) is 8.25. The van der Waals surface area contributed by atoms with Crippen LogP contribution >= 0.6 is 0 Å². The fraction of sp³-hybridized carbons (Fsp3) is 1.00. The van der Waals surface area contributed by atoms with Crippen molar-refractivity contribution in [3.63, 3.8) is 0 Å². The molecule has 0 aromatic rings. The van der Waals surface area contributed by atoms with Crippen molar-refractivity contribution in [2.24, 2.45) is 11.8 Å². The van der Waals surface area contributed by atoms with Gasteiger partial charge in [-0.1, -0.05) is 46.0 Å². The third kappa shape index (κ3) is 6.75. The molecular weight excluding hydrogens is 258 g/mol. The summed E-state index contributed by atoms with van der Waals surface area (Å²) < 4.78 is 24.5. The maximum absolute atomic E-state index is 11.4. The van der Waals surface area contributed by atoms with Crippen LogP contribution in [-0.4, -0.2) is 32.1 Å². The second-order valence-electron chi connectivity index (χ2n) is 6.30. The molecule has 1 atom stereocenters. The van der Waals surface area contributed by atoms with Gasteiger partial charge in [-0.2, -0.15) is 0 Å². The number of rotatable bonds is 8. The largest absolute Gasteiger partial charge is 0.213 e. The summed E-state index contributed by atoms with van der Waals surface area (Å²) in [7, 11) is -2.96. The van der Waals surface area contributed by atoms with E-state index in [1.807, 2.05) is 0 Å². The van der Waals surface area contributed by atoms with E-state index in [9.17, 15) is 8.42 Å². The summed E-state index contributed by atoms with van der Waals surface area (Å²) in [4.78, 5) is 0. The van der Waals surface area contributed by atoms with Crippen LogP contribution in [0.15, 0.2) is 0 Å². The van der Waals surface area contributed by atoms with Crippen LogP contribution in [0.2, 0.25) is 0 Å². The summed E-state index contributed by atoms with van der Waals surface area (Å²) >= 11 is 0. The number of sulfonamides is 1. The number of piperidine rings is 1. The van der Waals surface area contributed by atoms with Crippen LogP contribution < -0.4 is 0 Å². The van der Waals surface area contributed by atoms with E-state index >= 15 is 0 Å². The summed E-state index contributed by atoms with van der Waals surface area (Å²) in [6.07, 6.45) is 11.4. The van der Waals surface area contributed by atoms with Gasteiger partial charge in [-0.15, -0.1) is 0 Å². The smallest absolute Gasteiger partial charge is 0.211 e. The van der Waals surface area contributed by atoms with E-state index in [-0.39, 0.29) is 0 Å². The Bertz CT molecular complexity index is 332. The highest BCUT2D eigenvalue weighted by molar-refractivity contribution is 7.88. The van der Waals surface area contributed by atoms with Gasteiger partial charge < -0.3 is 0 Å². The molecule has 1 saturated heterocycles. The monoisotopic (exact) mass is 289 g/mol. The van der Waals surface area contributed by atoms with Gasteiger partial charge in [0.1, 0.15) is 0 Å². The quantitative estimate of drug-likeness (QED) is 0.640. The van der Waals surface area contributed by atoms with E-state index in [0.717, 1.165) is 37.8 Å². The van der Waals surface area contributed by atoms with Gasteiger partial charge >= 0.3 is 0 Å². The molecule has 0 amide bonds. The molecule has 0 N–H and O–H groups in total. The molecule has 19 heavy (non-hydrogen) atoms. The van der Waals surface area contributed by atoms with Gasteiger partial charge in [0.05, 0.1) is 6.26 Å². The number of unbranched alkanes of at least 4 members (excludes halogenated alkanes) is 3. The van der Waals surface area contributed by atoms with E-state index in [1.54, 1.807) is 4.31 Å². The minimum atomic E-state index is -2.96. The predicted octanol–water partition coefficient (Wildman–Crippen LogP) is 3.65. The van der Waals surface area contributed by atoms with Crippen LogP contribution in [0.1, 0.15) is 65.2 Å². The van der Waals surface area contributed by atoms with Gasteiger partial charge in [-0.25, -0.2) is 12.7 Å². The van der Waals surface area contributed by atoms with Crippen molar-refractivity contribution < 1.29 is 8.42 Å². The van der Waals surface area contributed by atoms with Gasteiger partial charge in [0.25, 0.3) is 0 Å². The van der Waals surface area contributed by atoms with Crippen LogP contribution in [0, 0.1) is 11.8 Å². The first kappa shape index (κ1) is 17.0. The Morgan fingerprint density at radius 3 is 2.32 bits per heavy atom. The Balaban J connectivity index is 2.18. The summed E-state index contributed by atoms with van der Waals surface area (Å²) in [5, 5.41) is 0. The maximum atomic E-state index is 11.4. The molecule has 0 aromatic carbocycles. The van der Waals surface area contributed by atoms with E-state index in [1.165, 1.54) is 44.8 Å². The molecule has 1 aliphatic heterocycles. The normalized spacial score (nSPS) is 20.6. The number of hydrogen-bond donors (Lipinski definition) is 0. The molecule has 0 bridgehead atoms. The van der Waals surface area contributed by atoms with Crippen LogP contribution in [0.4, 0.5) is 0 Å². The van der Waals surface area contributed by atoms with E-state index in [0.29, 0.717) is 0 Å². The minimum Gasteiger partial charge on any atom is -0.213 e. The Morgan fingerprint density at radius 2 is 1.79 bits per heavy atom. The van der Waals surface area contributed by atoms with Crippen LogP contribution in [-0.2, 0) is 10.0 Å². The fourth-order valence-electron chi connectivity index (χ4n) is 3.08. The lowest BCUT2D eigenvalue weighted by atomic mass is 9.86. The van der Waals surface area contributed by atoms with Gasteiger partial charge in [0.15, 0.2) is 0 Å². The third-order valence-corrected chi connectivity index (χ3v) is 5.63. The van der Waals surface area contributed by atoms with Crippen LogP contribution in [0.5, 0.6) is 0 Å². The molecule has 1 unspecified atom stereocenters. The molecule has 0 radical (unpaired) electrons. The molecule has 4 heteroatoms. The molecule has 1 aliphatic rings. The average molecular weight is 289 g/mol. The zero-order valence-electron chi connectivity index (χ0n) is 12.9. The molecule has 114 valence electrons. The van der Waals surface area contributed by atoms with Gasteiger partial charge in [0, 0.05) is 13.1 Å². The summed E-state index contributed by atoms with van der Waals surface area (Å²) in [5.41, 5.74) is 0. The van der Waals surface area contributed by atoms with Crippen molar-refractivity contribution >= 4 is 10.0 Å². The second-order valence-corrected chi connectivity index (χ2v) is 8.28. The maximum Gasteiger partial charge on any atom is 0.211 e. The highest BCUT2D eigenvalue weighted by Crippen LogP contribution is 2.27. The van der Waals surface area contributed by atoms with Crippen molar-refractivity contribution in [3.05, 3.63) is 0 Å². The lowest BCUT2D eigenvalue weighted by molar-refractivity contribution is 0.237. The minimum absolute atomic E-state index is 0.728. The van der Waals surface area contributed by atoms with Crippen molar-refractivity contribution in [1.82, 2.24) is 4.31 Å². The van der Waals surface area contributed by atoms with Crippen molar-refractivity contribution in [2.75, 3.05) is 19.3 Å². The first-order valence-electron chi connectivity index (χ1n) is 7.88. The Labute approximate surface area is 119 Å². The fourth-order valence-corrected chi connectivity index (χ4v) is 3.96. The van der Waals surface area contributed by atoms with Gasteiger partial charge in [-0.05, 0) is 31.1 Å². The summed E-state index contributed by atoms with van der Waals surface area (Å²) in [6, 6.07) is 0. The highest BCUT2D eigenvalue weighted by atomic mass is 32.2. The van der Waals surface area contributed by atoms with Crippen LogP contribution in [0.25, 0.3) is 0 Å². The highest BCUT2D eigenvalue weighted by Gasteiger charge is 2.25. The SMILES string of the molecule is CCCCCCC(C)CC1CCN(S(C)(=O)=O)CC1. The van der Waals surface area contributed by atoms with E-state index in [2.05, 4.69) is 13.8 Å². The van der Waals surface area contributed by atoms with E-state index in [4.69, 9.17) is 0 Å². The van der Waals surface area contributed by atoms with E-state index < -0.39 is 10.0 Å². The molecule has 3 nitrogen and oxygen atoms in total. The molecule has 1 rings (SSSR count). The standard InChI is InChI=1S/C15H31NO2S/c1-4-5-6-7-8-14(2)13-15-9-11-16(12-10-15)19(3,17)18/h14-15H,4-13H2,1-3H3. The molecule has 0 aliphatic carbocycles. The summed E-state index contributed by atoms with van der Waals surface area (Å²) in [6.45, 7) is 6.06. The Kier molecular flexibility index (Phi) is 7.37. The van der Waals surface area contributed by atoms with Crippen molar-refractivity contribution in [1.29, 1.82) is 0 Å². The number of nitrogens with zero attached hydrogens (tertiary/aromatic N) is 1. The first-order valence-corrected chi connectivity index (χ1v) is 9.73. The molecule has 1 heterocycles. The molecule has 0 spiro atoms. The Hall–Kier alpha value is -0.0900. The van der Waals surface area contributed by atoms with Crippen LogP contribution in [0.3, 0.4) is 0 Å². The molecule has 0 aromatic heterocycles. The molecule has 0 saturated carbocycles. The van der Waals surface area contributed by atoms with Crippen molar-refractivity contribution in [3.8, 4) is 0 Å². The predicted molar refractivity (Wildman–Crippen MR) is 81.7 cm³/mol. The number of hydrogen-bond acceptors (Lipinski definition) is 2. The Morgan fingerprint density at radius 1 is 1.16 bits per heavy atom. The average Bonchev–Trinajstić information content (AvgIpc) is 2.34. The van der Waals surface area contributed by atoms with Crippen molar-refractivity contribution in [2.45, 2.75) is 65.2 Å². The first-order chi connectivity index (χ1) is 8.93.